The van der Waals surface area contributed by atoms with E-state index in [-0.39, 0.29) is 41.4 Å². The molecule has 8 heteroatoms. The quantitative estimate of drug-likeness (QED) is 0.609. The van der Waals surface area contributed by atoms with Crippen LogP contribution in [0.3, 0.4) is 0 Å². The molecule has 140 valence electrons. The number of carbonyl (C=O) groups is 2. The van der Waals surface area contributed by atoms with Gasteiger partial charge in [-0.15, -0.1) is 12.4 Å². The molecule has 0 aromatic heterocycles. The first kappa shape index (κ1) is 21.3. The number of anilines is 1. The van der Waals surface area contributed by atoms with Gasteiger partial charge in [0, 0.05) is 37.5 Å². The average molecular weight is 374 g/mol. The number of hydrogen-bond donors (Lipinski definition) is 4. The monoisotopic (exact) mass is 373 g/mol. The van der Waals surface area contributed by atoms with E-state index in [1.54, 1.807) is 0 Å². The molecule has 1 aromatic carbocycles. The lowest BCUT2D eigenvalue weighted by atomic mass is 10.1. The number of rotatable bonds is 6. The smallest absolute Gasteiger partial charge is 0.251 e. The van der Waals surface area contributed by atoms with Crippen LogP contribution in [0.4, 0.5) is 10.1 Å². The third-order valence-corrected chi connectivity index (χ3v) is 3.93. The lowest BCUT2D eigenvalue weighted by Crippen LogP contribution is -2.34. The van der Waals surface area contributed by atoms with Gasteiger partial charge in [-0.05, 0) is 24.1 Å². The molecule has 1 aliphatic rings. The maximum Gasteiger partial charge on any atom is 0.251 e. The molecule has 4 N–H and O–H groups in total. The number of aliphatic hydroxyl groups excluding tert-OH is 1. The zero-order chi connectivity index (χ0) is 17.7. The summed E-state index contributed by atoms with van der Waals surface area (Å²) in [5.74, 6) is -1.19. The van der Waals surface area contributed by atoms with Crippen molar-refractivity contribution in [1.82, 2.24) is 10.6 Å². The van der Waals surface area contributed by atoms with Crippen LogP contribution in [0, 0.1) is 17.7 Å². The summed E-state index contributed by atoms with van der Waals surface area (Å²) in [7, 11) is 0. The number of hydrogen-bond acceptors (Lipinski definition) is 4. The Morgan fingerprint density at radius 2 is 2.08 bits per heavy atom. The highest BCUT2D eigenvalue weighted by Gasteiger charge is 2.25. The Bertz CT molecular complexity index is 613. The van der Waals surface area contributed by atoms with Crippen LogP contribution < -0.4 is 16.0 Å². The lowest BCUT2D eigenvalue weighted by molar-refractivity contribution is -0.116. The van der Waals surface area contributed by atoms with E-state index < -0.39 is 17.8 Å². The van der Waals surface area contributed by atoms with Crippen molar-refractivity contribution < 1.29 is 19.1 Å². The molecule has 6 nitrogen and oxygen atoms in total. The largest absolute Gasteiger partial charge is 0.391 e. The van der Waals surface area contributed by atoms with Gasteiger partial charge in [0.25, 0.3) is 5.91 Å². The normalized spacial score (nSPS) is 19.4. The molecule has 2 amide bonds. The van der Waals surface area contributed by atoms with Gasteiger partial charge in [-0.2, -0.15) is 0 Å². The van der Waals surface area contributed by atoms with Gasteiger partial charge >= 0.3 is 0 Å². The molecular formula is C17H25ClFN3O3. The highest BCUT2D eigenvalue weighted by Crippen LogP contribution is 2.17. The highest BCUT2D eigenvalue weighted by molar-refractivity contribution is 5.96. The predicted molar refractivity (Wildman–Crippen MR) is 96.4 cm³/mol. The summed E-state index contributed by atoms with van der Waals surface area (Å²) in [6.07, 6.45) is -0.181. The van der Waals surface area contributed by atoms with Gasteiger partial charge in [-0.25, -0.2) is 4.39 Å². The third kappa shape index (κ3) is 6.26. The van der Waals surface area contributed by atoms with Crippen molar-refractivity contribution in [3.05, 3.63) is 29.6 Å². The van der Waals surface area contributed by atoms with Gasteiger partial charge in [0.15, 0.2) is 0 Å². The summed E-state index contributed by atoms with van der Waals surface area (Å²) in [5.41, 5.74) is 0.238. The zero-order valence-electron chi connectivity index (χ0n) is 14.3. The second-order valence-corrected chi connectivity index (χ2v) is 6.54. The molecule has 2 rings (SSSR count). The van der Waals surface area contributed by atoms with E-state index in [1.165, 1.54) is 12.1 Å². The standard InChI is InChI=1S/C17H24FN3O3.ClH/c1-10(2)5-16(23)21-14-4-3-11(6-13(14)18)17(24)20-8-12-7-19-9-15(12)22;/h3-4,6,10,12,15,19,22H,5,7-9H2,1-2H3,(H,20,24)(H,21,23);1H. The Hall–Kier alpha value is -1.70. The number of benzene rings is 1. The summed E-state index contributed by atoms with van der Waals surface area (Å²) in [6, 6.07) is 3.95. The van der Waals surface area contributed by atoms with Crippen LogP contribution in [0.5, 0.6) is 0 Å². The molecule has 1 aliphatic heterocycles. The van der Waals surface area contributed by atoms with Crippen molar-refractivity contribution in [3.63, 3.8) is 0 Å². The molecule has 0 spiro atoms. The predicted octanol–water partition coefficient (Wildman–Crippen LogP) is 1.54. The third-order valence-electron chi connectivity index (χ3n) is 3.93. The number of β-amino-alcohol motifs (C(OH)–C–C–N with tert-alkyl or cyclic N) is 1. The van der Waals surface area contributed by atoms with Crippen molar-refractivity contribution in [2.45, 2.75) is 26.4 Å². The van der Waals surface area contributed by atoms with Crippen molar-refractivity contribution in [1.29, 1.82) is 0 Å². The van der Waals surface area contributed by atoms with Gasteiger partial charge in [0.05, 0.1) is 11.8 Å². The molecular weight excluding hydrogens is 349 g/mol. The van der Waals surface area contributed by atoms with E-state index in [0.717, 1.165) is 6.07 Å². The number of carbonyl (C=O) groups excluding carboxylic acids is 2. The van der Waals surface area contributed by atoms with Crippen LogP contribution in [0.1, 0.15) is 30.6 Å². The maximum absolute atomic E-state index is 14.1. The first-order valence-corrected chi connectivity index (χ1v) is 8.13. The van der Waals surface area contributed by atoms with Crippen LogP contribution in [0.15, 0.2) is 18.2 Å². The van der Waals surface area contributed by atoms with Gasteiger partial charge in [-0.1, -0.05) is 13.8 Å². The van der Waals surface area contributed by atoms with Crippen molar-refractivity contribution in [2.24, 2.45) is 11.8 Å². The van der Waals surface area contributed by atoms with E-state index in [4.69, 9.17) is 0 Å². The Morgan fingerprint density at radius 1 is 1.36 bits per heavy atom. The van der Waals surface area contributed by atoms with Crippen molar-refractivity contribution in [2.75, 3.05) is 25.0 Å². The summed E-state index contributed by atoms with van der Waals surface area (Å²) >= 11 is 0. The molecule has 1 aromatic rings. The number of nitrogens with one attached hydrogen (secondary N) is 3. The number of aliphatic hydroxyl groups is 1. The molecule has 1 saturated heterocycles. The molecule has 25 heavy (non-hydrogen) atoms. The average Bonchev–Trinajstić information content (AvgIpc) is 2.91. The van der Waals surface area contributed by atoms with Gasteiger partial charge in [0.1, 0.15) is 5.82 Å². The zero-order valence-corrected chi connectivity index (χ0v) is 15.2. The van der Waals surface area contributed by atoms with E-state index in [2.05, 4.69) is 16.0 Å². The molecule has 0 bridgehead atoms. The lowest BCUT2D eigenvalue weighted by Gasteiger charge is -2.14. The van der Waals surface area contributed by atoms with E-state index in [9.17, 15) is 19.1 Å². The van der Waals surface area contributed by atoms with Crippen LogP contribution in [-0.2, 0) is 4.79 Å². The van der Waals surface area contributed by atoms with Crippen molar-refractivity contribution >= 4 is 29.9 Å². The molecule has 1 heterocycles. The van der Waals surface area contributed by atoms with E-state index >= 15 is 0 Å². The fourth-order valence-corrected chi connectivity index (χ4v) is 2.58. The summed E-state index contributed by atoms with van der Waals surface area (Å²) < 4.78 is 14.1. The summed E-state index contributed by atoms with van der Waals surface area (Å²) in [5, 5.41) is 17.9. The van der Waals surface area contributed by atoms with Crippen LogP contribution in [-0.4, -0.2) is 42.7 Å². The molecule has 0 aliphatic carbocycles. The Labute approximate surface area is 153 Å². The Kier molecular flexibility index (Phi) is 8.28. The highest BCUT2D eigenvalue weighted by atomic mass is 35.5. The summed E-state index contributed by atoms with van der Waals surface area (Å²) in [6.45, 7) is 5.28. The van der Waals surface area contributed by atoms with Crippen molar-refractivity contribution in [3.8, 4) is 0 Å². The second-order valence-electron chi connectivity index (χ2n) is 6.54. The Morgan fingerprint density at radius 3 is 2.64 bits per heavy atom. The van der Waals surface area contributed by atoms with E-state index in [1.807, 2.05) is 13.8 Å². The SMILES string of the molecule is CC(C)CC(=O)Nc1ccc(C(=O)NCC2CNCC2O)cc1F.Cl. The van der Waals surface area contributed by atoms with Crippen LogP contribution in [0.25, 0.3) is 0 Å². The van der Waals surface area contributed by atoms with Gasteiger partial charge < -0.3 is 21.1 Å². The Balaban J connectivity index is 0.00000312. The second kappa shape index (κ2) is 9.70. The fourth-order valence-electron chi connectivity index (χ4n) is 2.58. The van der Waals surface area contributed by atoms with E-state index in [0.29, 0.717) is 26.1 Å². The first-order valence-electron chi connectivity index (χ1n) is 8.13. The van der Waals surface area contributed by atoms with Gasteiger partial charge in [-0.3, -0.25) is 9.59 Å². The molecule has 2 unspecified atom stereocenters. The fraction of sp³-hybridized carbons (Fsp3) is 0.529. The van der Waals surface area contributed by atoms with Crippen LogP contribution >= 0.6 is 12.4 Å². The van der Waals surface area contributed by atoms with Crippen LogP contribution in [0.2, 0.25) is 0 Å². The first-order chi connectivity index (χ1) is 11.4. The minimum atomic E-state index is -0.651. The minimum Gasteiger partial charge on any atom is -0.391 e. The summed E-state index contributed by atoms with van der Waals surface area (Å²) in [4.78, 5) is 23.8. The molecule has 1 fully saturated rings. The topological polar surface area (TPSA) is 90.5 Å². The van der Waals surface area contributed by atoms with Gasteiger partial charge in [0.2, 0.25) is 5.91 Å². The molecule has 0 saturated carbocycles. The number of amides is 2. The maximum atomic E-state index is 14.1. The molecule has 2 atom stereocenters. The molecule has 0 radical (unpaired) electrons. The number of halogens is 2. The minimum absolute atomic E-state index is 0.